The third kappa shape index (κ3) is 1.93. The zero-order chi connectivity index (χ0) is 10.8. The highest BCUT2D eigenvalue weighted by atomic mass is 15.3. The van der Waals surface area contributed by atoms with Gasteiger partial charge in [-0.15, -0.1) is 0 Å². The smallest absolute Gasteiger partial charge is 0.178 e. The minimum atomic E-state index is 0.699. The topological polar surface area (TPSA) is 56.2 Å². The average molecular weight is 204 g/mol. The van der Waals surface area contributed by atoms with Crippen LogP contribution in [0.5, 0.6) is 0 Å². The van der Waals surface area contributed by atoms with Gasteiger partial charge in [-0.1, -0.05) is 13.3 Å². The summed E-state index contributed by atoms with van der Waals surface area (Å²) < 4.78 is 1.77. The predicted octanol–water partition coefficient (Wildman–Crippen LogP) is 1.96. The van der Waals surface area contributed by atoms with Gasteiger partial charge in [0.05, 0.1) is 5.69 Å². The predicted molar refractivity (Wildman–Crippen MR) is 60.7 cm³/mol. The number of nitrogen functional groups attached to an aromatic ring is 1. The van der Waals surface area contributed by atoms with Crippen LogP contribution in [0.15, 0.2) is 12.3 Å². The third-order valence-electron chi connectivity index (χ3n) is 2.40. The molecule has 0 aliphatic heterocycles. The van der Waals surface area contributed by atoms with Crippen LogP contribution in [0, 0.1) is 6.92 Å². The monoisotopic (exact) mass is 204 g/mol. The number of hydrogen-bond acceptors (Lipinski definition) is 3. The van der Waals surface area contributed by atoms with E-state index in [0.717, 1.165) is 36.3 Å². The number of aryl methyl sites for hydroxylation is 2. The summed E-state index contributed by atoms with van der Waals surface area (Å²) in [4.78, 5) is 4.42. The molecular formula is C11H16N4. The fourth-order valence-corrected chi connectivity index (χ4v) is 1.64. The molecule has 2 N–H and O–H groups in total. The minimum Gasteiger partial charge on any atom is -0.396 e. The largest absolute Gasteiger partial charge is 0.396 e. The molecule has 0 saturated carbocycles. The van der Waals surface area contributed by atoms with Gasteiger partial charge in [-0.25, -0.2) is 9.50 Å². The van der Waals surface area contributed by atoms with Gasteiger partial charge >= 0.3 is 0 Å². The Bertz CT molecular complexity index is 473. The van der Waals surface area contributed by atoms with Gasteiger partial charge in [-0.2, -0.15) is 5.10 Å². The van der Waals surface area contributed by atoms with Crippen molar-refractivity contribution in [1.82, 2.24) is 14.6 Å². The maximum Gasteiger partial charge on any atom is 0.178 e. The van der Waals surface area contributed by atoms with E-state index in [-0.39, 0.29) is 0 Å². The standard InChI is InChI=1S/C11H16N4/c1-3-4-5-10-13-11-9(12)6-8(2)7-15(11)14-10/h6-7H,3-5,12H2,1-2H3. The molecule has 2 aromatic heterocycles. The summed E-state index contributed by atoms with van der Waals surface area (Å²) in [6, 6.07) is 1.92. The normalized spacial score (nSPS) is 11.1. The summed E-state index contributed by atoms with van der Waals surface area (Å²) in [5.41, 5.74) is 8.45. The van der Waals surface area contributed by atoms with E-state index in [2.05, 4.69) is 17.0 Å². The summed E-state index contributed by atoms with van der Waals surface area (Å²) in [6.45, 7) is 4.16. The van der Waals surface area contributed by atoms with Crippen molar-refractivity contribution in [3.8, 4) is 0 Å². The molecule has 0 unspecified atom stereocenters. The van der Waals surface area contributed by atoms with E-state index >= 15 is 0 Å². The SMILES string of the molecule is CCCCc1nc2c(N)cc(C)cn2n1. The molecule has 0 bridgehead atoms. The molecule has 0 spiro atoms. The van der Waals surface area contributed by atoms with E-state index in [4.69, 9.17) is 5.73 Å². The second kappa shape index (κ2) is 3.88. The quantitative estimate of drug-likeness (QED) is 0.831. The lowest BCUT2D eigenvalue weighted by Gasteiger charge is -1.97. The number of pyridine rings is 1. The van der Waals surface area contributed by atoms with Crippen LogP contribution < -0.4 is 5.73 Å². The minimum absolute atomic E-state index is 0.699. The highest BCUT2D eigenvalue weighted by Crippen LogP contribution is 2.14. The molecule has 2 aromatic rings. The van der Waals surface area contributed by atoms with Crippen LogP contribution in [0.2, 0.25) is 0 Å². The second-order valence-electron chi connectivity index (χ2n) is 3.87. The summed E-state index contributed by atoms with van der Waals surface area (Å²) in [5.74, 6) is 0.883. The lowest BCUT2D eigenvalue weighted by atomic mass is 10.2. The van der Waals surface area contributed by atoms with Gasteiger partial charge in [0, 0.05) is 12.6 Å². The highest BCUT2D eigenvalue weighted by molar-refractivity contribution is 5.64. The number of nitrogens with two attached hydrogens (primary N) is 1. The molecule has 4 nitrogen and oxygen atoms in total. The molecule has 2 heterocycles. The Kier molecular flexibility index (Phi) is 2.58. The van der Waals surface area contributed by atoms with Gasteiger partial charge in [0.2, 0.25) is 0 Å². The zero-order valence-electron chi connectivity index (χ0n) is 9.20. The van der Waals surface area contributed by atoms with Gasteiger partial charge in [0.1, 0.15) is 0 Å². The molecule has 0 fully saturated rings. The van der Waals surface area contributed by atoms with Crippen molar-refractivity contribution in [3.05, 3.63) is 23.7 Å². The Balaban J connectivity index is 2.41. The van der Waals surface area contributed by atoms with Crippen molar-refractivity contribution in [3.63, 3.8) is 0 Å². The summed E-state index contributed by atoms with van der Waals surface area (Å²) in [5, 5.41) is 4.40. The van der Waals surface area contributed by atoms with Crippen molar-refractivity contribution in [2.45, 2.75) is 33.1 Å². The van der Waals surface area contributed by atoms with Gasteiger partial charge in [0.25, 0.3) is 0 Å². The second-order valence-corrected chi connectivity index (χ2v) is 3.87. The summed E-state index contributed by atoms with van der Waals surface area (Å²) >= 11 is 0. The lowest BCUT2D eigenvalue weighted by Crippen LogP contribution is -1.95. The van der Waals surface area contributed by atoms with Crippen LogP contribution in [0.25, 0.3) is 5.65 Å². The molecule has 0 atom stereocenters. The Morgan fingerprint density at radius 2 is 2.27 bits per heavy atom. The van der Waals surface area contributed by atoms with Gasteiger partial charge in [-0.3, -0.25) is 0 Å². The maximum absolute atomic E-state index is 5.88. The number of aromatic nitrogens is 3. The van der Waals surface area contributed by atoms with E-state index in [1.54, 1.807) is 4.52 Å². The van der Waals surface area contributed by atoms with Crippen LogP contribution in [0.4, 0.5) is 5.69 Å². The number of rotatable bonds is 3. The zero-order valence-corrected chi connectivity index (χ0v) is 9.20. The molecular weight excluding hydrogens is 188 g/mol. The molecule has 15 heavy (non-hydrogen) atoms. The first-order valence-corrected chi connectivity index (χ1v) is 5.32. The fourth-order valence-electron chi connectivity index (χ4n) is 1.64. The van der Waals surface area contributed by atoms with E-state index in [9.17, 15) is 0 Å². The summed E-state index contributed by atoms with van der Waals surface area (Å²) in [7, 11) is 0. The Morgan fingerprint density at radius 3 is 3.00 bits per heavy atom. The first-order valence-electron chi connectivity index (χ1n) is 5.32. The molecule has 2 rings (SSSR count). The molecule has 0 radical (unpaired) electrons. The van der Waals surface area contributed by atoms with Gasteiger partial charge < -0.3 is 5.73 Å². The molecule has 0 saturated heterocycles. The van der Waals surface area contributed by atoms with Crippen molar-refractivity contribution in [2.24, 2.45) is 0 Å². The first-order chi connectivity index (χ1) is 7.20. The van der Waals surface area contributed by atoms with Crippen LogP contribution >= 0.6 is 0 Å². The van der Waals surface area contributed by atoms with E-state index < -0.39 is 0 Å². The fraction of sp³-hybridized carbons (Fsp3) is 0.455. The molecule has 4 heteroatoms. The van der Waals surface area contributed by atoms with Gasteiger partial charge in [-0.05, 0) is 25.0 Å². The van der Waals surface area contributed by atoms with E-state index in [1.165, 1.54) is 0 Å². The number of anilines is 1. The van der Waals surface area contributed by atoms with Crippen LogP contribution in [0.3, 0.4) is 0 Å². The van der Waals surface area contributed by atoms with Crippen LogP contribution in [-0.2, 0) is 6.42 Å². The number of hydrogen-bond donors (Lipinski definition) is 1. The number of nitrogens with zero attached hydrogens (tertiary/aromatic N) is 3. The third-order valence-corrected chi connectivity index (χ3v) is 2.40. The van der Waals surface area contributed by atoms with Crippen LogP contribution in [0.1, 0.15) is 31.2 Å². The number of fused-ring (bicyclic) bond motifs is 1. The van der Waals surface area contributed by atoms with Crippen molar-refractivity contribution < 1.29 is 0 Å². The Labute approximate surface area is 89.1 Å². The molecule has 0 aliphatic rings. The Morgan fingerprint density at radius 1 is 1.47 bits per heavy atom. The molecule has 0 aromatic carbocycles. The molecule has 0 aliphatic carbocycles. The van der Waals surface area contributed by atoms with Crippen molar-refractivity contribution in [2.75, 3.05) is 5.73 Å². The van der Waals surface area contributed by atoms with Gasteiger partial charge in [0.15, 0.2) is 11.5 Å². The van der Waals surface area contributed by atoms with Crippen molar-refractivity contribution >= 4 is 11.3 Å². The first kappa shape index (κ1) is 9.96. The summed E-state index contributed by atoms with van der Waals surface area (Å²) in [6.07, 6.45) is 5.16. The van der Waals surface area contributed by atoms with E-state index in [1.807, 2.05) is 19.2 Å². The van der Waals surface area contributed by atoms with E-state index in [0.29, 0.717) is 5.69 Å². The maximum atomic E-state index is 5.88. The number of unbranched alkanes of at least 4 members (excludes halogenated alkanes) is 1. The molecule has 0 amide bonds. The highest BCUT2D eigenvalue weighted by Gasteiger charge is 2.06. The molecule has 80 valence electrons. The van der Waals surface area contributed by atoms with Crippen molar-refractivity contribution in [1.29, 1.82) is 0 Å². The lowest BCUT2D eigenvalue weighted by molar-refractivity contribution is 0.747. The Hall–Kier alpha value is -1.58. The van der Waals surface area contributed by atoms with Crippen LogP contribution in [-0.4, -0.2) is 14.6 Å². The average Bonchev–Trinajstić information content (AvgIpc) is 2.57.